The minimum absolute atomic E-state index is 0.799. The second-order valence-electron chi connectivity index (χ2n) is 11.8. The standard InChI is InChI=1S/C39H35N2O2P/c1-24-19-26(3)38(27(4)20-24)40-23-41(39-28(5)21-25(2)22-29(39)6)44-42-34-17-15-30-11-7-9-13-32(30)36(34)37-33-14-10-8-12-31(33)16-18-35(37)43-44/h7-23H,1-6H3. The normalized spacial score (nSPS) is 11.8. The molecular formula is C39H35N2O2P. The summed E-state index contributed by atoms with van der Waals surface area (Å²) in [4.78, 5) is 5.10. The molecule has 0 aliphatic rings. The number of benzene rings is 6. The minimum Gasteiger partial charge on any atom is -0.403 e. The Bertz CT molecular complexity index is 2170. The Labute approximate surface area is 258 Å². The number of aliphatic imine (C=N–C) groups is 1. The zero-order chi connectivity index (χ0) is 30.5. The maximum absolute atomic E-state index is 7.00. The first kappa shape index (κ1) is 28.0. The highest BCUT2D eigenvalue weighted by molar-refractivity contribution is 7.40. The summed E-state index contributed by atoms with van der Waals surface area (Å²) in [6.45, 7) is 12.8. The van der Waals surface area contributed by atoms with Crippen molar-refractivity contribution >= 4 is 69.4 Å². The van der Waals surface area contributed by atoms with Gasteiger partial charge in [0.1, 0.15) is 17.5 Å². The predicted molar refractivity (Wildman–Crippen MR) is 189 cm³/mol. The smallest absolute Gasteiger partial charge is 0.347 e. The summed E-state index contributed by atoms with van der Waals surface area (Å²) in [7, 11) is -1.70. The van der Waals surface area contributed by atoms with Crippen molar-refractivity contribution in [3.63, 3.8) is 0 Å². The van der Waals surface area contributed by atoms with Gasteiger partial charge in [-0.25, -0.2) is 9.66 Å². The first-order valence-corrected chi connectivity index (χ1v) is 16.1. The van der Waals surface area contributed by atoms with E-state index in [4.69, 9.17) is 13.4 Å². The SMILES string of the molecule is Cc1cc(C)c(N=CN(c2c(C)cc(C)cc2C)p2oc3ccc4ccccc4c3c3c(ccc4ccccc43)o2)c(C)c1. The number of anilines is 1. The molecule has 6 aromatic carbocycles. The van der Waals surface area contributed by atoms with Crippen LogP contribution in [0.15, 0.2) is 110 Å². The van der Waals surface area contributed by atoms with Crippen molar-refractivity contribution in [3.05, 3.63) is 130 Å². The van der Waals surface area contributed by atoms with Gasteiger partial charge in [-0.1, -0.05) is 96.1 Å². The molecule has 5 heteroatoms. The van der Waals surface area contributed by atoms with Gasteiger partial charge in [-0.2, -0.15) is 0 Å². The second kappa shape index (κ2) is 11.0. The zero-order valence-electron chi connectivity index (χ0n) is 26.0. The van der Waals surface area contributed by atoms with Gasteiger partial charge in [0.05, 0.1) is 11.4 Å². The lowest BCUT2D eigenvalue weighted by Gasteiger charge is -2.21. The van der Waals surface area contributed by atoms with Crippen molar-refractivity contribution in [3.8, 4) is 0 Å². The molecule has 0 saturated heterocycles. The summed E-state index contributed by atoms with van der Waals surface area (Å²) in [6.07, 6.45) is 1.91. The number of rotatable bonds is 4. The van der Waals surface area contributed by atoms with Crippen LogP contribution in [0.2, 0.25) is 0 Å². The van der Waals surface area contributed by atoms with Crippen LogP contribution in [0.5, 0.6) is 0 Å². The molecule has 218 valence electrons. The molecule has 0 radical (unpaired) electrons. The molecule has 0 amide bonds. The Kier molecular flexibility index (Phi) is 7.03. The molecule has 7 rings (SSSR count). The average molecular weight is 595 g/mol. The molecule has 0 fully saturated rings. The average Bonchev–Trinajstić information content (AvgIpc) is 3.16. The number of hydrogen-bond donors (Lipinski definition) is 0. The highest BCUT2D eigenvalue weighted by Crippen LogP contribution is 2.45. The fourth-order valence-electron chi connectivity index (χ4n) is 6.65. The third-order valence-electron chi connectivity index (χ3n) is 8.36. The molecule has 0 N–H and O–H groups in total. The van der Waals surface area contributed by atoms with Gasteiger partial charge in [0.25, 0.3) is 0 Å². The molecule has 0 unspecified atom stereocenters. The largest absolute Gasteiger partial charge is 0.403 e. The highest BCUT2D eigenvalue weighted by atomic mass is 31.1. The lowest BCUT2D eigenvalue weighted by molar-refractivity contribution is 0.641. The van der Waals surface area contributed by atoms with Gasteiger partial charge in [-0.15, -0.1) is 0 Å². The molecular weight excluding hydrogens is 559 g/mol. The second-order valence-corrected chi connectivity index (χ2v) is 13.1. The zero-order valence-corrected chi connectivity index (χ0v) is 26.9. The number of nitrogens with zero attached hydrogens (tertiary/aromatic N) is 2. The van der Waals surface area contributed by atoms with Crippen LogP contribution in [-0.2, 0) is 0 Å². The molecule has 0 spiro atoms. The molecule has 4 nitrogen and oxygen atoms in total. The molecule has 0 saturated carbocycles. The van der Waals surface area contributed by atoms with E-state index in [1.165, 1.54) is 11.1 Å². The van der Waals surface area contributed by atoms with Crippen LogP contribution < -0.4 is 4.67 Å². The Hall–Kier alpha value is -4.79. The van der Waals surface area contributed by atoms with E-state index in [1.54, 1.807) is 0 Å². The number of fused-ring (bicyclic) bond motifs is 7. The van der Waals surface area contributed by atoms with Gasteiger partial charge in [0, 0.05) is 10.8 Å². The summed E-state index contributed by atoms with van der Waals surface area (Å²) in [5.41, 5.74) is 10.6. The van der Waals surface area contributed by atoms with Crippen molar-refractivity contribution in [2.24, 2.45) is 4.99 Å². The highest BCUT2D eigenvalue weighted by Gasteiger charge is 2.21. The van der Waals surface area contributed by atoms with Crippen molar-refractivity contribution in [2.45, 2.75) is 41.5 Å². The lowest BCUT2D eigenvalue weighted by atomic mass is 9.99. The van der Waals surface area contributed by atoms with Crippen LogP contribution in [0.25, 0.3) is 43.5 Å². The third-order valence-corrected chi connectivity index (χ3v) is 9.72. The Morgan fingerprint density at radius 2 is 1.02 bits per heavy atom. The summed E-state index contributed by atoms with van der Waals surface area (Å²) >= 11 is 0. The Balaban J connectivity index is 1.60. The van der Waals surface area contributed by atoms with Gasteiger partial charge < -0.3 is 8.39 Å². The molecule has 0 atom stereocenters. The van der Waals surface area contributed by atoms with Crippen molar-refractivity contribution < 1.29 is 8.39 Å². The maximum atomic E-state index is 7.00. The van der Waals surface area contributed by atoms with E-state index in [0.717, 1.165) is 77.1 Å². The fraction of sp³-hybridized carbons (Fsp3) is 0.154. The third kappa shape index (κ3) is 4.86. The van der Waals surface area contributed by atoms with Crippen molar-refractivity contribution in [1.29, 1.82) is 0 Å². The first-order chi connectivity index (χ1) is 21.3. The molecule has 0 bridgehead atoms. The summed E-state index contributed by atoms with van der Waals surface area (Å²) in [5.74, 6) is 0. The predicted octanol–water partition coefficient (Wildman–Crippen LogP) is 12.1. The van der Waals surface area contributed by atoms with Crippen LogP contribution in [0.4, 0.5) is 11.4 Å². The lowest BCUT2D eigenvalue weighted by Crippen LogP contribution is -2.13. The molecule has 44 heavy (non-hydrogen) atoms. The van der Waals surface area contributed by atoms with Crippen molar-refractivity contribution in [2.75, 3.05) is 4.67 Å². The maximum Gasteiger partial charge on any atom is 0.347 e. The monoisotopic (exact) mass is 594 g/mol. The van der Waals surface area contributed by atoms with Gasteiger partial charge in [-0.3, -0.25) is 0 Å². The van der Waals surface area contributed by atoms with E-state index in [1.807, 2.05) is 6.34 Å². The molecule has 0 aliphatic heterocycles. The van der Waals surface area contributed by atoms with E-state index in [9.17, 15) is 0 Å². The summed E-state index contributed by atoms with van der Waals surface area (Å²) in [6, 6.07) is 34.2. The van der Waals surface area contributed by atoms with Gasteiger partial charge >= 0.3 is 8.16 Å². The quantitative estimate of drug-likeness (QED) is 0.150. The number of aryl methyl sites for hydroxylation is 6. The van der Waals surface area contributed by atoms with Crippen LogP contribution >= 0.6 is 8.16 Å². The van der Waals surface area contributed by atoms with Gasteiger partial charge in [0.2, 0.25) is 0 Å². The van der Waals surface area contributed by atoms with E-state index >= 15 is 0 Å². The minimum atomic E-state index is -1.70. The topological polar surface area (TPSA) is 41.9 Å². The first-order valence-electron chi connectivity index (χ1n) is 15.0. The summed E-state index contributed by atoms with van der Waals surface area (Å²) < 4.78 is 16.1. The van der Waals surface area contributed by atoms with E-state index in [-0.39, 0.29) is 0 Å². The van der Waals surface area contributed by atoms with E-state index in [2.05, 4.69) is 143 Å². The van der Waals surface area contributed by atoms with Crippen LogP contribution in [0.3, 0.4) is 0 Å². The van der Waals surface area contributed by atoms with Crippen LogP contribution in [-0.4, -0.2) is 6.34 Å². The van der Waals surface area contributed by atoms with Gasteiger partial charge in [0.15, 0.2) is 0 Å². The summed E-state index contributed by atoms with van der Waals surface area (Å²) in [5, 5.41) is 6.70. The van der Waals surface area contributed by atoms with E-state index < -0.39 is 8.16 Å². The molecule has 7 aromatic rings. The molecule has 0 aliphatic carbocycles. The van der Waals surface area contributed by atoms with Crippen LogP contribution in [0.1, 0.15) is 33.4 Å². The fourth-order valence-corrected chi connectivity index (χ4v) is 8.12. The van der Waals surface area contributed by atoms with E-state index in [0.29, 0.717) is 0 Å². The van der Waals surface area contributed by atoms with Crippen molar-refractivity contribution in [1.82, 2.24) is 0 Å². The molecule has 1 aromatic heterocycles. The Morgan fingerprint density at radius 1 is 0.568 bits per heavy atom. The van der Waals surface area contributed by atoms with Gasteiger partial charge in [-0.05, 0) is 97.5 Å². The number of hydrogen-bond acceptors (Lipinski definition) is 3. The molecule has 1 heterocycles. The van der Waals surface area contributed by atoms with Crippen LogP contribution in [0, 0.1) is 41.5 Å². The Morgan fingerprint density at radius 3 is 1.52 bits per heavy atom.